The largest absolute Gasteiger partial charge is 0.494 e. The molecule has 9 heteroatoms. The first kappa shape index (κ1) is 22.2. The lowest BCUT2D eigenvalue weighted by molar-refractivity contribution is 0.0695. The fraction of sp³-hybridized carbons (Fsp3) is 0.200. The molecule has 2 heterocycles. The van der Waals surface area contributed by atoms with Crippen molar-refractivity contribution in [2.24, 2.45) is 0 Å². The molecule has 2 aromatic carbocycles. The number of nitrogens with zero attached hydrogens (tertiary/aromatic N) is 1. The zero-order chi connectivity index (χ0) is 24.1. The minimum Gasteiger partial charge on any atom is -0.494 e. The molecule has 174 valence electrons. The van der Waals surface area contributed by atoms with Gasteiger partial charge in [0.2, 0.25) is 5.43 Å². The fourth-order valence-corrected chi connectivity index (χ4v) is 5.76. The van der Waals surface area contributed by atoms with Crippen molar-refractivity contribution in [1.29, 1.82) is 0 Å². The number of methoxy groups -OCH3 is 1. The van der Waals surface area contributed by atoms with Crippen LogP contribution >= 0.6 is 11.3 Å². The van der Waals surface area contributed by atoms with Crippen molar-refractivity contribution in [3.05, 3.63) is 80.5 Å². The number of ether oxygens (including phenoxy) is 1. The maximum atomic E-state index is 14.8. The van der Waals surface area contributed by atoms with E-state index in [1.807, 2.05) is 6.07 Å². The summed E-state index contributed by atoms with van der Waals surface area (Å²) < 4.78 is 35.3. The second-order valence-electron chi connectivity index (χ2n) is 8.08. The van der Waals surface area contributed by atoms with E-state index < -0.39 is 34.7 Å². The lowest BCUT2D eigenvalue weighted by atomic mass is 9.95. The minimum atomic E-state index is -1.47. The van der Waals surface area contributed by atoms with Crippen molar-refractivity contribution in [1.82, 2.24) is 4.57 Å². The molecule has 6 nitrogen and oxygen atoms in total. The number of carboxylic acids is 1. The van der Waals surface area contributed by atoms with Crippen molar-refractivity contribution in [3.63, 3.8) is 0 Å². The standard InChI is InChI=1S/C25H19F2NO5S/c1-33-24-13(21-10-15-19(29)3-2-4-20(15)34-21)6-7-14-22(24)28(11-16(23(14)30)25(31)32)18-8-5-12(26)9-17(18)27/h5-11,19,29H,2-4H2,1H3,(H,31,32). The lowest BCUT2D eigenvalue weighted by Gasteiger charge is -2.18. The Morgan fingerprint density at radius 2 is 2.00 bits per heavy atom. The number of fused-ring (bicyclic) bond motifs is 2. The first-order valence-electron chi connectivity index (χ1n) is 10.6. The Balaban J connectivity index is 1.86. The Hall–Kier alpha value is -3.56. The van der Waals surface area contributed by atoms with Crippen LogP contribution in [0, 0.1) is 11.6 Å². The van der Waals surface area contributed by atoms with Crippen LogP contribution in [0.5, 0.6) is 5.75 Å². The lowest BCUT2D eigenvalue weighted by Crippen LogP contribution is -2.19. The maximum absolute atomic E-state index is 14.8. The average molecular weight is 483 g/mol. The van der Waals surface area contributed by atoms with Crippen molar-refractivity contribution in [2.75, 3.05) is 7.11 Å². The number of thiophene rings is 1. The molecule has 0 radical (unpaired) electrons. The third-order valence-electron chi connectivity index (χ3n) is 6.07. The number of halogens is 2. The minimum absolute atomic E-state index is 0.0191. The predicted octanol–water partition coefficient (Wildman–Crippen LogP) is 5.07. The molecule has 0 saturated heterocycles. The smallest absolute Gasteiger partial charge is 0.341 e. The number of carbonyl (C=O) groups is 1. The highest BCUT2D eigenvalue weighted by Gasteiger charge is 2.25. The van der Waals surface area contributed by atoms with Gasteiger partial charge in [-0.05, 0) is 55.2 Å². The van der Waals surface area contributed by atoms with Crippen LogP contribution < -0.4 is 10.2 Å². The van der Waals surface area contributed by atoms with Gasteiger partial charge in [0.15, 0.2) is 5.75 Å². The monoisotopic (exact) mass is 483 g/mol. The maximum Gasteiger partial charge on any atom is 0.341 e. The van der Waals surface area contributed by atoms with Crippen molar-refractivity contribution >= 4 is 28.2 Å². The highest BCUT2D eigenvalue weighted by Crippen LogP contribution is 2.44. The number of aliphatic hydroxyl groups excluding tert-OH is 1. The number of benzene rings is 2. The number of aromatic nitrogens is 1. The molecular weight excluding hydrogens is 464 g/mol. The number of aryl methyl sites for hydroxylation is 1. The zero-order valence-electron chi connectivity index (χ0n) is 18.0. The van der Waals surface area contributed by atoms with Gasteiger partial charge in [0.1, 0.15) is 22.7 Å². The van der Waals surface area contributed by atoms with Crippen LogP contribution in [0.1, 0.15) is 39.7 Å². The number of hydrogen-bond acceptors (Lipinski definition) is 5. The number of hydrogen-bond donors (Lipinski definition) is 2. The van der Waals surface area contributed by atoms with Gasteiger partial charge in [-0.1, -0.05) is 0 Å². The summed E-state index contributed by atoms with van der Waals surface area (Å²) in [6.07, 6.45) is 2.88. The molecule has 1 aliphatic rings. The van der Waals surface area contributed by atoms with Gasteiger partial charge in [-0.2, -0.15) is 0 Å². The highest BCUT2D eigenvalue weighted by atomic mass is 32.1. The van der Waals surface area contributed by atoms with E-state index in [4.69, 9.17) is 4.74 Å². The van der Waals surface area contributed by atoms with Gasteiger partial charge < -0.3 is 19.5 Å². The molecule has 0 bridgehead atoms. The number of rotatable bonds is 4. The van der Waals surface area contributed by atoms with Crippen LogP contribution in [-0.2, 0) is 6.42 Å². The van der Waals surface area contributed by atoms with E-state index >= 15 is 0 Å². The molecule has 0 spiro atoms. The molecule has 0 fully saturated rings. The Bertz CT molecular complexity index is 1520. The van der Waals surface area contributed by atoms with Gasteiger partial charge in [0.25, 0.3) is 0 Å². The Morgan fingerprint density at radius 3 is 2.68 bits per heavy atom. The van der Waals surface area contributed by atoms with E-state index in [0.29, 0.717) is 18.1 Å². The van der Waals surface area contributed by atoms with Crippen LogP contribution in [0.4, 0.5) is 8.78 Å². The van der Waals surface area contributed by atoms with Crippen molar-refractivity contribution in [2.45, 2.75) is 25.4 Å². The molecule has 4 aromatic rings. The van der Waals surface area contributed by atoms with Gasteiger partial charge in [0, 0.05) is 27.6 Å². The molecule has 0 saturated carbocycles. The number of pyridine rings is 1. The molecule has 5 rings (SSSR count). The van der Waals surface area contributed by atoms with E-state index in [9.17, 15) is 28.6 Å². The summed E-state index contributed by atoms with van der Waals surface area (Å²) in [5, 5.41) is 20.0. The predicted molar refractivity (Wildman–Crippen MR) is 124 cm³/mol. The molecule has 0 aliphatic heterocycles. The van der Waals surface area contributed by atoms with E-state index in [1.54, 1.807) is 6.07 Å². The van der Waals surface area contributed by atoms with Crippen LogP contribution in [0.3, 0.4) is 0 Å². The second-order valence-corrected chi connectivity index (χ2v) is 9.22. The van der Waals surface area contributed by atoms with E-state index in [-0.39, 0.29) is 22.3 Å². The fourth-order valence-electron chi connectivity index (χ4n) is 4.47. The third-order valence-corrected chi connectivity index (χ3v) is 7.32. The normalized spacial score (nSPS) is 15.4. The van der Waals surface area contributed by atoms with Gasteiger partial charge in [-0.15, -0.1) is 11.3 Å². The Kier molecular flexibility index (Phi) is 5.45. The molecular formula is C25H19F2NO5S. The van der Waals surface area contributed by atoms with Gasteiger partial charge in [-0.25, -0.2) is 13.6 Å². The zero-order valence-corrected chi connectivity index (χ0v) is 18.8. The number of carboxylic acid groups (broad SMARTS) is 1. The summed E-state index contributed by atoms with van der Waals surface area (Å²) in [5.41, 5.74) is 0.197. The summed E-state index contributed by atoms with van der Waals surface area (Å²) in [4.78, 5) is 26.6. The van der Waals surface area contributed by atoms with Gasteiger partial charge >= 0.3 is 5.97 Å². The molecule has 1 atom stereocenters. The van der Waals surface area contributed by atoms with Gasteiger partial charge in [-0.3, -0.25) is 4.79 Å². The Morgan fingerprint density at radius 1 is 1.21 bits per heavy atom. The van der Waals surface area contributed by atoms with Gasteiger partial charge in [0.05, 0.1) is 24.3 Å². The Labute approximate surface area is 196 Å². The first-order chi connectivity index (χ1) is 16.3. The summed E-state index contributed by atoms with van der Waals surface area (Å²) in [6.45, 7) is 0. The van der Waals surface area contributed by atoms with Crippen LogP contribution in [0.15, 0.2) is 47.4 Å². The molecule has 2 N–H and O–H groups in total. The highest BCUT2D eigenvalue weighted by molar-refractivity contribution is 7.15. The van der Waals surface area contributed by atoms with E-state index in [0.717, 1.165) is 40.4 Å². The molecule has 2 aromatic heterocycles. The number of aliphatic hydroxyl groups is 1. The summed E-state index contributed by atoms with van der Waals surface area (Å²) in [6, 6.07) is 7.93. The average Bonchev–Trinajstić information content (AvgIpc) is 3.24. The SMILES string of the molecule is COc1c(-c2cc3c(s2)CCCC3O)ccc2c(=O)c(C(=O)O)cn(-c3ccc(F)cc3F)c12. The van der Waals surface area contributed by atoms with E-state index in [1.165, 1.54) is 35.1 Å². The van der Waals surface area contributed by atoms with Crippen molar-refractivity contribution < 1.29 is 28.5 Å². The molecule has 1 unspecified atom stereocenters. The quantitative estimate of drug-likeness (QED) is 0.423. The van der Waals surface area contributed by atoms with Crippen LogP contribution in [0.2, 0.25) is 0 Å². The summed E-state index contributed by atoms with van der Waals surface area (Å²) in [7, 11) is 1.40. The molecule has 1 aliphatic carbocycles. The van der Waals surface area contributed by atoms with Crippen LogP contribution in [0.25, 0.3) is 27.0 Å². The molecule has 0 amide bonds. The summed E-state index contributed by atoms with van der Waals surface area (Å²) >= 11 is 1.50. The van der Waals surface area contributed by atoms with Crippen LogP contribution in [-0.4, -0.2) is 27.9 Å². The topological polar surface area (TPSA) is 88.8 Å². The van der Waals surface area contributed by atoms with E-state index in [2.05, 4.69) is 0 Å². The first-order valence-corrected chi connectivity index (χ1v) is 11.4. The summed E-state index contributed by atoms with van der Waals surface area (Å²) in [5.74, 6) is -2.95. The third kappa shape index (κ3) is 3.48. The van der Waals surface area contributed by atoms with Crippen molar-refractivity contribution in [3.8, 4) is 21.9 Å². The second kappa shape index (κ2) is 8.34. The number of aromatic carboxylic acids is 1. The molecule has 34 heavy (non-hydrogen) atoms.